The van der Waals surface area contributed by atoms with Crippen LogP contribution in [0.5, 0.6) is 11.6 Å². The van der Waals surface area contributed by atoms with Crippen LogP contribution in [0.1, 0.15) is 38.5 Å². The summed E-state index contributed by atoms with van der Waals surface area (Å²) in [6, 6.07) is 19.0. The van der Waals surface area contributed by atoms with Crippen LogP contribution in [0.4, 0.5) is 5.95 Å². The van der Waals surface area contributed by atoms with Gasteiger partial charge >= 0.3 is 0 Å². The summed E-state index contributed by atoms with van der Waals surface area (Å²) >= 11 is 0. The molecule has 1 saturated heterocycles. The molecule has 8 heteroatoms. The molecule has 4 rings (SSSR count). The standard InChI is InChI=1S/C23H25N3O4S/c1-23(2)13-14-29-20(16-23)19-15-21(30-17-9-5-3-6-10-17)25-22(24-19)26-31(27,28)18-11-7-4-8-12-18/h3-12,15,20H,13-14,16H2,1-2H3,(H,24,25,26). The van der Waals surface area contributed by atoms with Crippen molar-refractivity contribution in [3.8, 4) is 11.6 Å². The molecule has 0 radical (unpaired) electrons. The SMILES string of the molecule is CC1(C)CCOC(c2cc(Oc3ccccc3)nc(NS(=O)(=O)c3ccccc3)n2)C1. The largest absolute Gasteiger partial charge is 0.439 e. The predicted molar refractivity (Wildman–Crippen MR) is 118 cm³/mol. The zero-order valence-electron chi connectivity index (χ0n) is 17.5. The van der Waals surface area contributed by atoms with Crippen molar-refractivity contribution in [1.29, 1.82) is 0 Å². The van der Waals surface area contributed by atoms with Gasteiger partial charge in [-0.2, -0.15) is 4.98 Å². The lowest BCUT2D eigenvalue weighted by Gasteiger charge is -2.35. The fourth-order valence-electron chi connectivity index (χ4n) is 3.42. The van der Waals surface area contributed by atoms with E-state index >= 15 is 0 Å². The second kappa shape index (κ2) is 8.64. The molecule has 2 aromatic carbocycles. The van der Waals surface area contributed by atoms with Crippen LogP contribution in [0, 0.1) is 5.41 Å². The Morgan fingerprint density at radius 1 is 1.03 bits per heavy atom. The number of ether oxygens (including phenoxy) is 2. The van der Waals surface area contributed by atoms with E-state index in [2.05, 4.69) is 28.5 Å². The average molecular weight is 440 g/mol. The Hall–Kier alpha value is -2.97. The van der Waals surface area contributed by atoms with Crippen molar-refractivity contribution >= 4 is 16.0 Å². The minimum absolute atomic E-state index is 0.0562. The van der Waals surface area contributed by atoms with Crippen molar-refractivity contribution in [3.63, 3.8) is 0 Å². The highest BCUT2D eigenvalue weighted by atomic mass is 32.2. The Bertz CT molecular complexity index is 1140. The maximum Gasteiger partial charge on any atom is 0.264 e. The third kappa shape index (κ3) is 5.39. The number of anilines is 1. The molecule has 0 saturated carbocycles. The molecule has 1 atom stereocenters. The zero-order chi connectivity index (χ0) is 21.9. The van der Waals surface area contributed by atoms with Gasteiger partial charge in [0.1, 0.15) is 11.9 Å². The first-order chi connectivity index (χ1) is 14.8. The van der Waals surface area contributed by atoms with E-state index in [4.69, 9.17) is 9.47 Å². The summed E-state index contributed by atoms with van der Waals surface area (Å²) in [4.78, 5) is 8.89. The van der Waals surface area contributed by atoms with Crippen LogP contribution in [0.15, 0.2) is 71.6 Å². The van der Waals surface area contributed by atoms with Crippen molar-refractivity contribution in [2.75, 3.05) is 11.3 Å². The molecule has 1 aliphatic rings. The lowest BCUT2D eigenvalue weighted by atomic mass is 9.81. The summed E-state index contributed by atoms with van der Waals surface area (Å²) < 4.78 is 39.9. The van der Waals surface area contributed by atoms with E-state index in [1.807, 2.05) is 18.2 Å². The van der Waals surface area contributed by atoms with E-state index in [1.54, 1.807) is 36.4 Å². The van der Waals surface area contributed by atoms with Gasteiger partial charge < -0.3 is 9.47 Å². The number of hydrogen-bond donors (Lipinski definition) is 1. The number of hydrogen-bond acceptors (Lipinski definition) is 6. The van der Waals surface area contributed by atoms with Gasteiger partial charge in [-0.15, -0.1) is 0 Å². The van der Waals surface area contributed by atoms with Crippen LogP contribution in [0.2, 0.25) is 0 Å². The molecular weight excluding hydrogens is 414 g/mol. The summed E-state index contributed by atoms with van der Waals surface area (Å²) in [5.41, 5.74) is 0.678. The Balaban J connectivity index is 1.69. The van der Waals surface area contributed by atoms with Crippen molar-refractivity contribution in [2.45, 2.75) is 37.7 Å². The van der Waals surface area contributed by atoms with Gasteiger partial charge in [0.05, 0.1) is 10.6 Å². The summed E-state index contributed by atoms with van der Waals surface area (Å²) in [7, 11) is -3.84. The van der Waals surface area contributed by atoms with Crippen molar-refractivity contribution in [2.24, 2.45) is 5.41 Å². The molecule has 0 amide bonds. The predicted octanol–water partition coefficient (Wildman–Crippen LogP) is 4.95. The Morgan fingerprint density at radius 2 is 1.71 bits per heavy atom. The Labute approximate surface area is 182 Å². The molecule has 31 heavy (non-hydrogen) atoms. The van der Waals surface area contributed by atoms with Gasteiger partial charge in [-0.05, 0) is 42.5 Å². The Kier molecular flexibility index (Phi) is 5.93. The van der Waals surface area contributed by atoms with E-state index < -0.39 is 10.0 Å². The number of para-hydroxylation sites is 1. The highest BCUT2D eigenvalue weighted by Gasteiger charge is 2.31. The van der Waals surface area contributed by atoms with Crippen molar-refractivity contribution < 1.29 is 17.9 Å². The van der Waals surface area contributed by atoms with Crippen LogP contribution in [0.3, 0.4) is 0 Å². The quantitative estimate of drug-likeness (QED) is 0.585. The molecule has 2 heterocycles. The maximum atomic E-state index is 12.8. The molecule has 1 fully saturated rings. The second-order valence-corrected chi connectivity index (χ2v) is 9.95. The number of nitrogens with one attached hydrogen (secondary N) is 1. The third-order valence-corrected chi connectivity index (χ3v) is 6.48. The minimum Gasteiger partial charge on any atom is -0.439 e. The molecule has 1 unspecified atom stereocenters. The lowest BCUT2D eigenvalue weighted by molar-refractivity contribution is -0.0396. The smallest absolute Gasteiger partial charge is 0.264 e. The number of sulfonamides is 1. The molecule has 1 N–H and O–H groups in total. The van der Waals surface area contributed by atoms with Gasteiger partial charge in [0.25, 0.3) is 10.0 Å². The summed E-state index contributed by atoms with van der Waals surface area (Å²) in [5, 5.41) is 0. The van der Waals surface area contributed by atoms with Gasteiger partial charge in [0, 0.05) is 12.7 Å². The van der Waals surface area contributed by atoms with Crippen molar-refractivity contribution in [3.05, 3.63) is 72.4 Å². The number of nitrogens with zero attached hydrogens (tertiary/aromatic N) is 2. The maximum absolute atomic E-state index is 12.8. The molecule has 162 valence electrons. The van der Waals surface area contributed by atoms with Crippen LogP contribution in [-0.2, 0) is 14.8 Å². The van der Waals surface area contributed by atoms with Gasteiger partial charge in [-0.1, -0.05) is 50.2 Å². The minimum atomic E-state index is -3.84. The monoisotopic (exact) mass is 439 g/mol. The molecule has 7 nitrogen and oxygen atoms in total. The van der Waals surface area contributed by atoms with E-state index in [9.17, 15) is 8.42 Å². The Morgan fingerprint density at radius 3 is 2.39 bits per heavy atom. The van der Waals surface area contributed by atoms with Gasteiger partial charge in [0.15, 0.2) is 0 Å². The zero-order valence-corrected chi connectivity index (χ0v) is 18.3. The average Bonchev–Trinajstić information content (AvgIpc) is 2.74. The topological polar surface area (TPSA) is 90.4 Å². The van der Waals surface area contributed by atoms with E-state index in [0.29, 0.717) is 18.1 Å². The van der Waals surface area contributed by atoms with Crippen LogP contribution in [0.25, 0.3) is 0 Å². The van der Waals surface area contributed by atoms with E-state index in [0.717, 1.165) is 12.8 Å². The molecule has 0 spiro atoms. The highest BCUT2D eigenvalue weighted by molar-refractivity contribution is 7.92. The molecule has 0 bridgehead atoms. The van der Waals surface area contributed by atoms with Gasteiger partial charge in [0.2, 0.25) is 11.8 Å². The highest BCUT2D eigenvalue weighted by Crippen LogP contribution is 2.40. The van der Waals surface area contributed by atoms with E-state index in [-0.39, 0.29) is 28.2 Å². The molecular formula is C23H25N3O4S. The first-order valence-corrected chi connectivity index (χ1v) is 11.6. The van der Waals surface area contributed by atoms with Crippen LogP contribution in [-0.4, -0.2) is 25.0 Å². The first kappa shape index (κ1) is 21.3. The fourth-order valence-corrected chi connectivity index (χ4v) is 4.39. The summed E-state index contributed by atoms with van der Waals surface area (Å²) in [5.74, 6) is 0.780. The van der Waals surface area contributed by atoms with Crippen LogP contribution < -0.4 is 9.46 Å². The van der Waals surface area contributed by atoms with Gasteiger partial charge in [-0.3, -0.25) is 0 Å². The van der Waals surface area contributed by atoms with Gasteiger partial charge in [-0.25, -0.2) is 18.1 Å². The van der Waals surface area contributed by atoms with E-state index in [1.165, 1.54) is 12.1 Å². The molecule has 3 aromatic rings. The number of rotatable bonds is 6. The fraction of sp³-hybridized carbons (Fsp3) is 0.304. The van der Waals surface area contributed by atoms with Crippen LogP contribution >= 0.6 is 0 Å². The second-order valence-electron chi connectivity index (χ2n) is 8.27. The number of benzene rings is 2. The number of aromatic nitrogens is 2. The summed E-state index contributed by atoms with van der Waals surface area (Å²) in [6.07, 6.45) is 1.44. The lowest BCUT2D eigenvalue weighted by Crippen LogP contribution is -2.27. The molecule has 1 aromatic heterocycles. The normalized spacial score (nSPS) is 18.3. The molecule has 1 aliphatic heterocycles. The first-order valence-electron chi connectivity index (χ1n) is 10.1. The summed E-state index contributed by atoms with van der Waals surface area (Å²) in [6.45, 7) is 4.98. The molecule has 0 aliphatic carbocycles. The third-order valence-electron chi connectivity index (χ3n) is 5.13. The van der Waals surface area contributed by atoms with Crippen molar-refractivity contribution in [1.82, 2.24) is 9.97 Å².